The normalized spacial score (nSPS) is 11.2. The van der Waals surface area contributed by atoms with Crippen LogP contribution in [0.25, 0.3) is 0 Å². The van der Waals surface area contributed by atoms with Crippen LogP contribution in [0.15, 0.2) is 0 Å². The topological polar surface area (TPSA) is 78.1 Å². The molecular weight excluding hydrogens is 228 g/mol. The van der Waals surface area contributed by atoms with E-state index in [2.05, 4.69) is 0 Å². The molecule has 0 spiro atoms. The van der Waals surface area contributed by atoms with E-state index < -0.39 is 17.5 Å². The average Bonchev–Trinajstić information content (AvgIpc) is 0.811. The van der Waals surface area contributed by atoms with Crippen LogP contribution in [-0.2, 0) is 17.5 Å². The van der Waals surface area contributed by atoms with Gasteiger partial charge in [0.05, 0.1) is 0 Å². The summed E-state index contributed by atoms with van der Waals surface area (Å²) in [7, 11) is 0. The van der Waals surface area contributed by atoms with Gasteiger partial charge in [0.25, 0.3) is 0 Å². The van der Waals surface area contributed by atoms with Crippen molar-refractivity contribution in [1.29, 1.82) is 0 Å². The zero-order valence-corrected chi connectivity index (χ0v) is 4.83. The second kappa shape index (κ2) is 1.82. The molecule has 0 saturated carbocycles. The zero-order chi connectivity index (χ0) is 3.58. The molecular formula is H6N3Re. The summed E-state index contributed by atoms with van der Waals surface area (Å²) in [6.07, 6.45) is 0. The molecule has 0 unspecified atom stereocenters. The third kappa shape index (κ3) is 20.6. The molecule has 0 bridgehead atoms. The summed E-state index contributed by atoms with van der Waals surface area (Å²) in [6.45, 7) is 0. The van der Waals surface area contributed by atoms with Gasteiger partial charge in [-0.1, -0.05) is 0 Å². The average molecular weight is 234 g/mol. The van der Waals surface area contributed by atoms with Gasteiger partial charge in [-0.15, -0.1) is 0 Å². The first kappa shape index (κ1) is 4.54. The predicted octanol–water partition coefficient (Wildman–Crippen LogP) is -1.77. The Morgan fingerprint density at radius 2 is 1.00 bits per heavy atom. The van der Waals surface area contributed by atoms with E-state index in [1.54, 1.807) is 0 Å². The fourth-order valence-corrected chi connectivity index (χ4v) is 0. The molecule has 0 radical (unpaired) electrons. The van der Waals surface area contributed by atoms with E-state index in [0.717, 1.165) is 0 Å². The molecule has 0 aromatic carbocycles. The van der Waals surface area contributed by atoms with Crippen molar-refractivity contribution >= 4 is 0 Å². The van der Waals surface area contributed by atoms with Crippen molar-refractivity contribution in [3.05, 3.63) is 0 Å². The Balaban J connectivity index is 2.32. The molecule has 0 aliphatic rings. The first-order valence-electron chi connectivity index (χ1n) is 0.655. The van der Waals surface area contributed by atoms with Crippen LogP contribution in [0.1, 0.15) is 0 Å². The predicted molar refractivity (Wildman–Crippen MR) is 12.6 cm³/mol. The van der Waals surface area contributed by atoms with Gasteiger partial charge < -0.3 is 0 Å². The van der Waals surface area contributed by atoms with Gasteiger partial charge in [-0.05, 0) is 0 Å². The molecule has 0 saturated heterocycles. The van der Waals surface area contributed by atoms with E-state index in [0.29, 0.717) is 0 Å². The van der Waals surface area contributed by atoms with E-state index in [1.807, 2.05) is 0 Å². The van der Waals surface area contributed by atoms with Crippen molar-refractivity contribution < 1.29 is 17.5 Å². The molecule has 0 aliphatic heterocycles. The Kier molecular flexibility index (Phi) is 2.07. The standard InChI is InChI=1S/3H2N.Re/h3*1H2;/q3*-1;+3. The molecule has 3 nitrogen and oxygen atoms in total. The minimum absolute atomic E-state index is 1.96. The summed E-state index contributed by atoms with van der Waals surface area (Å²) >= 11 is -1.96. The van der Waals surface area contributed by atoms with Crippen molar-refractivity contribution in [3.8, 4) is 0 Å². The molecule has 6 N–H and O–H groups in total. The molecule has 4 heavy (non-hydrogen) atoms. The summed E-state index contributed by atoms with van der Waals surface area (Å²) in [6, 6.07) is 0. The summed E-state index contributed by atoms with van der Waals surface area (Å²) in [5, 5.41) is 0. The summed E-state index contributed by atoms with van der Waals surface area (Å²) in [5.41, 5.74) is 0. The molecule has 0 aromatic heterocycles. The van der Waals surface area contributed by atoms with Crippen LogP contribution in [0.5, 0.6) is 0 Å². The molecule has 0 aliphatic carbocycles. The molecule has 0 rings (SSSR count). The van der Waals surface area contributed by atoms with E-state index in [4.69, 9.17) is 13.1 Å². The van der Waals surface area contributed by atoms with E-state index in [9.17, 15) is 0 Å². The number of hydrogen-bond donors (Lipinski definition) is 3. The van der Waals surface area contributed by atoms with Crippen LogP contribution >= 0.6 is 0 Å². The van der Waals surface area contributed by atoms with Gasteiger partial charge in [-0.3, -0.25) is 0 Å². The zero-order valence-electron chi connectivity index (χ0n) is 2.11. The van der Waals surface area contributed by atoms with Crippen LogP contribution in [0.2, 0.25) is 0 Å². The Hall–Kier alpha value is 0.542. The quantitative estimate of drug-likeness (QED) is 0.464. The van der Waals surface area contributed by atoms with Gasteiger partial charge in [-0.25, -0.2) is 0 Å². The van der Waals surface area contributed by atoms with Crippen molar-refractivity contribution in [2.45, 2.75) is 0 Å². The van der Waals surface area contributed by atoms with Crippen molar-refractivity contribution in [3.63, 3.8) is 0 Å². The van der Waals surface area contributed by atoms with Crippen LogP contribution in [0.3, 0.4) is 0 Å². The monoisotopic (exact) mass is 235 g/mol. The molecule has 0 atom stereocenters. The van der Waals surface area contributed by atoms with Gasteiger partial charge in [0.15, 0.2) is 0 Å². The molecule has 0 heterocycles. The first-order valence-corrected chi connectivity index (χ1v) is 5.36. The van der Waals surface area contributed by atoms with Gasteiger partial charge in [0.2, 0.25) is 0 Å². The second-order valence-electron chi connectivity index (χ2n) is 0.378. The number of hydrogen-bond acceptors (Lipinski definition) is 3. The van der Waals surface area contributed by atoms with Crippen LogP contribution in [-0.4, -0.2) is 0 Å². The summed E-state index contributed by atoms with van der Waals surface area (Å²) in [4.78, 5) is 0. The molecule has 0 aromatic rings. The Morgan fingerprint density at radius 3 is 1.00 bits per heavy atom. The molecule has 4 heteroatoms. The molecule has 0 fully saturated rings. The van der Waals surface area contributed by atoms with Crippen LogP contribution in [0, 0.1) is 0 Å². The third-order valence-corrected chi connectivity index (χ3v) is 0. The molecule has 28 valence electrons. The minimum atomic E-state index is -1.96. The van der Waals surface area contributed by atoms with Crippen LogP contribution < -0.4 is 13.1 Å². The van der Waals surface area contributed by atoms with Gasteiger partial charge in [0, 0.05) is 0 Å². The second-order valence-corrected chi connectivity index (χ2v) is 3.09. The SMILES string of the molecule is [NH2][Re]([NH2])[NH2]. The van der Waals surface area contributed by atoms with Crippen molar-refractivity contribution in [2.24, 2.45) is 13.1 Å². The molecule has 0 amide bonds. The van der Waals surface area contributed by atoms with Gasteiger partial charge in [0.1, 0.15) is 0 Å². The van der Waals surface area contributed by atoms with Crippen molar-refractivity contribution in [2.75, 3.05) is 0 Å². The Bertz CT molecular complexity index is 8.00. The number of rotatable bonds is 0. The van der Waals surface area contributed by atoms with Gasteiger partial charge in [-0.2, -0.15) is 0 Å². The van der Waals surface area contributed by atoms with E-state index in [1.165, 1.54) is 0 Å². The summed E-state index contributed by atoms with van der Waals surface area (Å²) in [5.74, 6) is 0. The third-order valence-electron chi connectivity index (χ3n) is 0. The Morgan fingerprint density at radius 1 is 1.00 bits per heavy atom. The number of nitrogens with two attached hydrogens (primary N) is 3. The summed E-state index contributed by atoms with van der Waals surface area (Å²) < 4.78 is 14.6. The van der Waals surface area contributed by atoms with Crippen LogP contribution in [0.4, 0.5) is 0 Å². The maximum atomic E-state index is 4.85. The van der Waals surface area contributed by atoms with E-state index >= 15 is 0 Å². The van der Waals surface area contributed by atoms with E-state index in [-0.39, 0.29) is 0 Å². The Labute approximate surface area is 31.3 Å². The fourth-order valence-electron chi connectivity index (χ4n) is 0. The fraction of sp³-hybridized carbons (Fsp3) is 0. The van der Waals surface area contributed by atoms with Gasteiger partial charge >= 0.3 is 30.6 Å². The van der Waals surface area contributed by atoms with Crippen molar-refractivity contribution in [1.82, 2.24) is 0 Å². The maximum absolute atomic E-state index is 4.85. The first-order chi connectivity index (χ1) is 1.73.